The number of aromatic nitrogens is 2. The minimum atomic E-state index is -5.14. The van der Waals surface area contributed by atoms with E-state index < -0.39 is 35.3 Å². The lowest BCUT2D eigenvalue weighted by Crippen LogP contribution is -2.11. The molecule has 0 radical (unpaired) electrons. The summed E-state index contributed by atoms with van der Waals surface area (Å²) in [6, 6.07) is 6.47. The predicted molar refractivity (Wildman–Crippen MR) is 107 cm³/mol. The van der Waals surface area contributed by atoms with E-state index in [0.29, 0.717) is 17.7 Å². The summed E-state index contributed by atoms with van der Waals surface area (Å²) in [4.78, 5) is 29.7. The van der Waals surface area contributed by atoms with Crippen LogP contribution in [0.2, 0.25) is 5.15 Å². The van der Waals surface area contributed by atoms with Gasteiger partial charge in [-0.1, -0.05) is 11.6 Å². The molecule has 0 aliphatic heterocycles. The van der Waals surface area contributed by atoms with Crippen molar-refractivity contribution in [3.63, 3.8) is 0 Å². The molecule has 12 heteroatoms. The number of ether oxygens (including phenoxy) is 2. The zero-order chi connectivity index (χ0) is 24.8. The molecule has 3 aromatic rings. The van der Waals surface area contributed by atoms with Gasteiger partial charge in [0.1, 0.15) is 22.4 Å². The molecule has 0 atom stereocenters. The molecule has 174 valence electrons. The third kappa shape index (κ3) is 6.69. The first-order chi connectivity index (χ1) is 15.5. The fourth-order valence-corrected chi connectivity index (χ4v) is 2.65. The SMILES string of the molecule is COC(=O)c1ccnc(-c2cc(F)c(C(F)(F)F)c(F)c2)c1.COC(=O)c1ccnc(Cl)c1. The lowest BCUT2D eigenvalue weighted by atomic mass is 10.1. The Morgan fingerprint density at radius 2 is 1.33 bits per heavy atom. The van der Waals surface area contributed by atoms with Gasteiger partial charge in [-0.15, -0.1) is 0 Å². The van der Waals surface area contributed by atoms with E-state index in [1.54, 1.807) is 0 Å². The van der Waals surface area contributed by atoms with Gasteiger partial charge in [0, 0.05) is 18.0 Å². The molecule has 0 saturated heterocycles. The summed E-state index contributed by atoms with van der Waals surface area (Å²) >= 11 is 5.53. The normalized spacial score (nSPS) is 10.7. The van der Waals surface area contributed by atoms with Crippen molar-refractivity contribution in [3.8, 4) is 11.3 Å². The molecule has 0 fully saturated rings. The molecule has 0 unspecified atom stereocenters. The molecule has 2 aromatic heterocycles. The maximum absolute atomic E-state index is 13.5. The monoisotopic (exact) mass is 488 g/mol. The van der Waals surface area contributed by atoms with Crippen LogP contribution >= 0.6 is 11.6 Å². The van der Waals surface area contributed by atoms with Crippen LogP contribution in [0, 0.1) is 11.6 Å². The van der Waals surface area contributed by atoms with Crippen molar-refractivity contribution in [1.82, 2.24) is 9.97 Å². The topological polar surface area (TPSA) is 78.4 Å². The fraction of sp³-hybridized carbons (Fsp3) is 0.143. The van der Waals surface area contributed by atoms with Crippen molar-refractivity contribution in [2.75, 3.05) is 14.2 Å². The number of hydrogen-bond donors (Lipinski definition) is 0. The molecule has 0 amide bonds. The smallest absolute Gasteiger partial charge is 0.422 e. The number of carbonyl (C=O) groups is 2. The van der Waals surface area contributed by atoms with E-state index in [4.69, 9.17) is 11.6 Å². The number of carbonyl (C=O) groups excluding carboxylic acids is 2. The highest BCUT2D eigenvalue weighted by molar-refractivity contribution is 6.29. The summed E-state index contributed by atoms with van der Waals surface area (Å²) in [5.41, 5.74) is -1.80. The molecule has 0 aliphatic carbocycles. The second-order valence-electron chi connectivity index (χ2n) is 6.09. The summed E-state index contributed by atoms with van der Waals surface area (Å²) < 4.78 is 73.5. The number of methoxy groups -OCH3 is 2. The van der Waals surface area contributed by atoms with Gasteiger partial charge in [-0.2, -0.15) is 13.2 Å². The minimum absolute atomic E-state index is 0.0493. The standard InChI is InChI=1S/C14H8F5NO2.C7H6ClNO2/c1-22-13(21)7-2-3-20-11(6-7)8-4-9(15)12(10(16)5-8)14(17,18)19;1-11-7(10)5-2-3-9-6(8)4-5/h2-6H,1H3;2-4H,1H3. The molecular weight excluding hydrogens is 475 g/mol. The van der Waals surface area contributed by atoms with Gasteiger partial charge in [-0.25, -0.2) is 23.4 Å². The van der Waals surface area contributed by atoms with E-state index in [9.17, 15) is 31.5 Å². The zero-order valence-corrected chi connectivity index (χ0v) is 17.7. The quantitative estimate of drug-likeness (QED) is 0.281. The van der Waals surface area contributed by atoms with Crippen LogP contribution in [0.4, 0.5) is 22.0 Å². The number of halogens is 6. The third-order valence-electron chi connectivity index (χ3n) is 3.95. The Balaban J connectivity index is 0.000000294. The average Bonchev–Trinajstić information content (AvgIpc) is 2.77. The van der Waals surface area contributed by atoms with Crippen molar-refractivity contribution in [2.24, 2.45) is 0 Å². The second kappa shape index (κ2) is 10.8. The van der Waals surface area contributed by atoms with Crippen LogP contribution in [0.15, 0.2) is 48.8 Å². The molecule has 3 rings (SSSR count). The van der Waals surface area contributed by atoms with Crippen LogP contribution in [-0.2, 0) is 15.7 Å². The molecule has 0 bridgehead atoms. The number of nitrogens with zero attached hydrogens (tertiary/aromatic N) is 2. The van der Waals surface area contributed by atoms with Crippen molar-refractivity contribution in [3.05, 3.63) is 82.3 Å². The number of alkyl halides is 3. The Labute approximate surface area is 188 Å². The number of rotatable bonds is 3. The number of benzene rings is 1. The van der Waals surface area contributed by atoms with Gasteiger partial charge in [0.25, 0.3) is 0 Å². The van der Waals surface area contributed by atoms with Crippen LogP contribution in [-0.4, -0.2) is 36.1 Å². The maximum Gasteiger partial charge on any atom is 0.422 e. The second-order valence-corrected chi connectivity index (χ2v) is 6.48. The lowest BCUT2D eigenvalue weighted by molar-refractivity contribution is -0.142. The molecule has 0 N–H and O–H groups in total. The van der Waals surface area contributed by atoms with Crippen molar-refractivity contribution in [2.45, 2.75) is 6.18 Å². The summed E-state index contributed by atoms with van der Waals surface area (Å²) in [5.74, 6) is -4.63. The minimum Gasteiger partial charge on any atom is -0.465 e. The highest BCUT2D eigenvalue weighted by Crippen LogP contribution is 2.35. The van der Waals surface area contributed by atoms with Gasteiger partial charge in [0.05, 0.1) is 31.0 Å². The first-order valence-corrected chi connectivity index (χ1v) is 9.16. The number of esters is 2. The van der Waals surface area contributed by atoms with Crippen LogP contribution in [0.3, 0.4) is 0 Å². The van der Waals surface area contributed by atoms with Crippen LogP contribution in [0.25, 0.3) is 11.3 Å². The Kier molecular flexibility index (Phi) is 8.41. The van der Waals surface area contributed by atoms with Gasteiger partial charge in [0.15, 0.2) is 0 Å². The van der Waals surface area contributed by atoms with E-state index in [1.165, 1.54) is 37.7 Å². The maximum atomic E-state index is 13.5. The average molecular weight is 489 g/mol. The summed E-state index contributed by atoms with van der Waals surface area (Å²) in [6.07, 6.45) is -2.52. The largest absolute Gasteiger partial charge is 0.465 e. The fourth-order valence-electron chi connectivity index (χ4n) is 2.47. The van der Waals surface area contributed by atoms with Crippen LogP contribution < -0.4 is 0 Å². The highest BCUT2D eigenvalue weighted by Gasteiger charge is 2.38. The van der Waals surface area contributed by atoms with Gasteiger partial charge >= 0.3 is 18.1 Å². The van der Waals surface area contributed by atoms with Crippen LogP contribution in [0.5, 0.6) is 0 Å². The Hall–Kier alpha value is -3.60. The van der Waals surface area contributed by atoms with Crippen molar-refractivity contribution < 1.29 is 41.0 Å². The zero-order valence-electron chi connectivity index (χ0n) is 16.9. The van der Waals surface area contributed by atoms with E-state index in [-0.39, 0.29) is 22.0 Å². The first-order valence-electron chi connectivity index (χ1n) is 8.78. The molecule has 0 saturated carbocycles. The third-order valence-corrected chi connectivity index (χ3v) is 4.16. The lowest BCUT2D eigenvalue weighted by Gasteiger charge is -2.11. The van der Waals surface area contributed by atoms with E-state index in [2.05, 4.69) is 19.4 Å². The molecule has 1 aromatic carbocycles. The molecule has 2 heterocycles. The summed E-state index contributed by atoms with van der Waals surface area (Å²) in [5, 5.41) is 0.285. The van der Waals surface area contributed by atoms with Gasteiger partial charge < -0.3 is 9.47 Å². The van der Waals surface area contributed by atoms with Gasteiger partial charge in [0.2, 0.25) is 0 Å². The van der Waals surface area contributed by atoms with Crippen molar-refractivity contribution >= 4 is 23.5 Å². The first kappa shape index (κ1) is 25.7. The number of pyridine rings is 2. The van der Waals surface area contributed by atoms with Gasteiger partial charge in [-0.3, -0.25) is 4.98 Å². The molecule has 0 aliphatic rings. The summed E-state index contributed by atoms with van der Waals surface area (Å²) in [7, 11) is 2.45. The van der Waals surface area contributed by atoms with Gasteiger partial charge in [-0.05, 0) is 36.4 Å². The van der Waals surface area contributed by atoms with E-state index in [1.807, 2.05) is 0 Å². The number of hydrogen-bond acceptors (Lipinski definition) is 6. The Bertz CT molecular complexity index is 1150. The van der Waals surface area contributed by atoms with E-state index >= 15 is 0 Å². The Morgan fingerprint density at radius 1 is 0.848 bits per heavy atom. The van der Waals surface area contributed by atoms with Crippen molar-refractivity contribution in [1.29, 1.82) is 0 Å². The summed E-state index contributed by atoms with van der Waals surface area (Å²) in [6.45, 7) is 0. The molecule has 0 spiro atoms. The van der Waals surface area contributed by atoms with Crippen LogP contribution in [0.1, 0.15) is 26.3 Å². The highest BCUT2D eigenvalue weighted by atomic mass is 35.5. The van der Waals surface area contributed by atoms with E-state index in [0.717, 1.165) is 13.2 Å². The Morgan fingerprint density at radius 3 is 1.79 bits per heavy atom. The molecule has 33 heavy (non-hydrogen) atoms. The molecule has 6 nitrogen and oxygen atoms in total. The predicted octanol–water partition coefficient (Wildman–Crippen LogP) is 5.35. The molecular formula is C21H14ClF5N2O4.